The Morgan fingerprint density at radius 1 is 0.767 bits per heavy atom. The second-order valence-corrected chi connectivity index (χ2v) is 10.9. The van der Waals surface area contributed by atoms with Gasteiger partial charge in [-0.05, 0) is 89.8 Å². The Labute approximate surface area is 252 Å². The highest BCUT2D eigenvalue weighted by Crippen LogP contribution is 2.30. The van der Waals surface area contributed by atoms with Crippen molar-refractivity contribution in [3.8, 4) is 11.1 Å². The van der Waals surface area contributed by atoms with Crippen LogP contribution in [0.5, 0.6) is 0 Å². The molecule has 0 radical (unpaired) electrons. The van der Waals surface area contributed by atoms with Crippen LogP contribution < -0.4 is 10.6 Å². The molecule has 1 aliphatic rings. The second-order valence-electron chi connectivity index (χ2n) is 10.9. The highest BCUT2D eigenvalue weighted by molar-refractivity contribution is 5.97. The highest BCUT2D eigenvalue weighted by atomic mass is 16.4. The van der Waals surface area contributed by atoms with Gasteiger partial charge in [-0.3, -0.25) is 14.4 Å². The van der Waals surface area contributed by atoms with Crippen LogP contribution in [-0.2, 0) is 16.0 Å². The van der Waals surface area contributed by atoms with E-state index in [0.717, 1.165) is 40.8 Å². The summed E-state index contributed by atoms with van der Waals surface area (Å²) in [6.45, 7) is 0.0660. The van der Waals surface area contributed by atoms with Crippen molar-refractivity contribution in [2.24, 2.45) is 0 Å². The molecule has 6 nitrogen and oxygen atoms in total. The van der Waals surface area contributed by atoms with Gasteiger partial charge in [0.2, 0.25) is 5.91 Å². The smallest absolute Gasteiger partial charge is 0.305 e. The van der Waals surface area contributed by atoms with E-state index in [9.17, 15) is 14.4 Å². The van der Waals surface area contributed by atoms with Crippen LogP contribution in [0.1, 0.15) is 65.1 Å². The maximum absolute atomic E-state index is 13.9. The first-order valence-electron chi connectivity index (χ1n) is 14.8. The summed E-state index contributed by atoms with van der Waals surface area (Å²) >= 11 is 0. The number of amides is 2. The lowest BCUT2D eigenvalue weighted by Gasteiger charge is -2.19. The molecular formula is C37H36N2O4. The number of hydrogen-bond donors (Lipinski definition) is 3. The van der Waals surface area contributed by atoms with Gasteiger partial charge < -0.3 is 15.7 Å². The predicted molar refractivity (Wildman–Crippen MR) is 171 cm³/mol. The van der Waals surface area contributed by atoms with Crippen molar-refractivity contribution in [1.29, 1.82) is 0 Å². The zero-order chi connectivity index (χ0) is 30.0. The van der Waals surface area contributed by atoms with E-state index in [1.165, 1.54) is 24.0 Å². The van der Waals surface area contributed by atoms with Gasteiger partial charge in [0.25, 0.3) is 5.91 Å². The summed E-state index contributed by atoms with van der Waals surface area (Å²) < 4.78 is 0. The molecule has 0 aliphatic heterocycles. The predicted octanol–water partition coefficient (Wildman–Crippen LogP) is 7.48. The van der Waals surface area contributed by atoms with Gasteiger partial charge in [-0.1, -0.05) is 84.9 Å². The van der Waals surface area contributed by atoms with Gasteiger partial charge in [0, 0.05) is 17.8 Å². The Morgan fingerprint density at radius 2 is 1.51 bits per heavy atom. The van der Waals surface area contributed by atoms with Gasteiger partial charge in [0.05, 0.1) is 12.3 Å². The number of carbonyl (C=O) groups is 3. The molecule has 0 heterocycles. The van der Waals surface area contributed by atoms with Crippen molar-refractivity contribution in [1.82, 2.24) is 5.32 Å². The second kappa shape index (κ2) is 14.3. The number of carbonyl (C=O) groups excluding carboxylic acids is 2. The molecule has 3 N–H and O–H groups in total. The molecule has 1 atom stereocenters. The minimum absolute atomic E-state index is 0.0660. The first kappa shape index (κ1) is 29.5. The number of anilines is 1. The summed E-state index contributed by atoms with van der Waals surface area (Å²) in [5, 5.41) is 14.6. The molecule has 4 aromatic rings. The average Bonchev–Trinajstić information content (AvgIpc) is 3.05. The molecule has 0 bridgehead atoms. The van der Waals surface area contributed by atoms with E-state index < -0.39 is 11.9 Å². The van der Waals surface area contributed by atoms with Crippen LogP contribution in [0, 0.1) is 0 Å². The highest BCUT2D eigenvalue weighted by Gasteiger charge is 2.22. The minimum atomic E-state index is -0.963. The number of carboxylic acid groups (broad SMARTS) is 1. The molecule has 6 heteroatoms. The molecule has 0 fully saturated rings. The number of rotatable bonds is 11. The summed E-state index contributed by atoms with van der Waals surface area (Å²) in [5.41, 5.74) is 7.69. The number of nitrogens with one attached hydrogen (secondary N) is 2. The molecule has 1 unspecified atom stereocenters. The van der Waals surface area contributed by atoms with Crippen LogP contribution in [0.2, 0.25) is 0 Å². The molecular weight excluding hydrogens is 536 g/mol. The molecule has 0 saturated heterocycles. The first-order valence-corrected chi connectivity index (χ1v) is 14.8. The van der Waals surface area contributed by atoms with Gasteiger partial charge >= 0.3 is 5.97 Å². The summed E-state index contributed by atoms with van der Waals surface area (Å²) in [5.74, 6) is -1.85. The largest absolute Gasteiger partial charge is 0.481 e. The quantitative estimate of drug-likeness (QED) is 0.174. The maximum atomic E-state index is 13.9. The lowest BCUT2D eigenvalue weighted by molar-refractivity contribution is -0.136. The van der Waals surface area contributed by atoms with Crippen LogP contribution in [0.3, 0.4) is 0 Å². The van der Waals surface area contributed by atoms with E-state index >= 15 is 0 Å². The fourth-order valence-corrected chi connectivity index (χ4v) is 5.44. The zero-order valence-electron chi connectivity index (χ0n) is 24.1. The standard InChI is InChI=1S/C37H36N2O4/c40-35(41)22-23-38-36(42)31-16-14-26(15-17-31)24-34(30-20-18-29(19-21-30)27-8-3-1-4-9-27)37(43)39-33-13-7-12-32(25-33)28-10-5-2-6-11-28/h2,5-8,10-21,25,34H,1,3-4,9,22-24H2,(H,38,42)(H,39,43)(H,40,41). The van der Waals surface area contributed by atoms with Crippen molar-refractivity contribution in [3.63, 3.8) is 0 Å². The Balaban J connectivity index is 1.36. The van der Waals surface area contributed by atoms with Gasteiger partial charge in [-0.2, -0.15) is 0 Å². The van der Waals surface area contributed by atoms with E-state index in [2.05, 4.69) is 41.0 Å². The Hall–Kier alpha value is -4.97. The van der Waals surface area contributed by atoms with Crippen LogP contribution in [-0.4, -0.2) is 29.4 Å². The number of aliphatic carboxylic acids is 1. The zero-order valence-corrected chi connectivity index (χ0v) is 24.1. The SMILES string of the molecule is O=C(O)CCNC(=O)c1ccc(CC(C(=O)Nc2cccc(-c3ccccc3)c2)c2ccc(C3=CCCCC3)cc2)cc1. The van der Waals surface area contributed by atoms with Gasteiger partial charge in [0.1, 0.15) is 0 Å². The van der Waals surface area contributed by atoms with E-state index in [1.54, 1.807) is 12.1 Å². The van der Waals surface area contributed by atoms with E-state index in [4.69, 9.17) is 5.11 Å². The Bertz CT molecular complexity index is 1590. The summed E-state index contributed by atoms with van der Waals surface area (Å²) in [4.78, 5) is 37.0. The molecule has 0 aromatic heterocycles. The van der Waals surface area contributed by atoms with Crippen molar-refractivity contribution in [3.05, 3.63) is 131 Å². The molecule has 4 aromatic carbocycles. The third-order valence-corrected chi connectivity index (χ3v) is 7.81. The molecule has 0 saturated carbocycles. The van der Waals surface area contributed by atoms with Crippen molar-refractivity contribution < 1.29 is 19.5 Å². The third-order valence-electron chi connectivity index (χ3n) is 7.81. The van der Waals surface area contributed by atoms with Gasteiger partial charge in [-0.15, -0.1) is 0 Å². The van der Waals surface area contributed by atoms with E-state index in [-0.39, 0.29) is 24.8 Å². The average molecular weight is 573 g/mol. The maximum Gasteiger partial charge on any atom is 0.305 e. The van der Waals surface area contributed by atoms with Gasteiger partial charge in [0.15, 0.2) is 0 Å². The normalized spacial score (nSPS) is 13.4. The van der Waals surface area contributed by atoms with Gasteiger partial charge in [-0.25, -0.2) is 0 Å². The Kier molecular flexibility index (Phi) is 9.80. The van der Waals surface area contributed by atoms with Crippen molar-refractivity contribution in [2.75, 3.05) is 11.9 Å². The minimum Gasteiger partial charge on any atom is -0.481 e. The number of allylic oxidation sites excluding steroid dienone is 2. The Morgan fingerprint density at radius 3 is 2.21 bits per heavy atom. The topological polar surface area (TPSA) is 95.5 Å². The van der Waals surface area contributed by atoms with Crippen LogP contribution in [0.25, 0.3) is 16.7 Å². The van der Waals surface area contributed by atoms with Crippen LogP contribution in [0.15, 0.2) is 109 Å². The number of carboxylic acids is 1. The molecule has 0 spiro atoms. The molecule has 218 valence electrons. The summed E-state index contributed by atoms with van der Waals surface area (Å²) in [6.07, 6.45) is 7.27. The number of benzene rings is 4. The fourth-order valence-electron chi connectivity index (χ4n) is 5.44. The van der Waals surface area contributed by atoms with Crippen LogP contribution >= 0.6 is 0 Å². The molecule has 1 aliphatic carbocycles. The monoisotopic (exact) mass is 572 g/mol. The third kappa shape index (κ3) is 8.07. The molecule has 5 rings (SSSR count). The van der Waals surface area contributed by atoms with Crippen LogP contribution in [0.4, 0.5) is 5.69 Å². The number of hydrogen-bond acceptors (Lipinski definition) is 3. The molecule has 2 amide bonds. The lowest BCUT2D eigenvalue weighted by Crippen LogP contribution is -2.26. The summed E-state index contributed by atoms with van der Waals surface area (Å²) in [6, 6.07) is 33.4. The lowest BCUT2D eigenvalue weighted by atomic mass is 9.88. The fraction of sp³-hybridized carbons (Fsp3) is 0.216. The summed E-state index contributed by atoms with van der Waals surface area (Å²) in [7, 11) is 0. The molecule has 43 heavy (non-hydrogen) atoms. The first-order chi connectivity index (χ1) is 21.0. The van der Waals surface area contributed by atoms with E-state index in [1.807, 2.05) is 66.7 Å². The van der Waals surface area contributed by atoms with Crippen molar-refractivity contribution in [2.45, 2.75) is 44.4 Å². The van der Waals surface area contributed by atoms with E-state index in [0.29, 0.717) is 12.0 Å². The van der Waals surface area contributed by atoms with Crippen molar-refractivity contribution >= 4 is 29.0 Å².